The van der Waals surface area contributed by atoms with E-state index in [9.17, 15) is 9.59 Å². The Morgan fingerprint density at radius 1 is 1.12 bits per heavy atom. The molecule has 7 nitrogen and oxygen atoms in total. The molecule has 1 aliphatic carbocycles. The van der Waals surface area contributed by atoms with Crippen LogP contribution in [0, 0.1) is 0 Å². The van der Waals surface area contributed by atoms with Gasteiger partial charge < -0.3 is 15.4 Å². The van der Waals surface area contributed by atoms with Crippen LogP contribution in [0.4, 0.5) is 0 Å². The Labute approximate surface area is 200 Å². The van der Waals surface area contributed by atoms with Gasteiger partial charge in [-0.3, -0.25) is 19.4 Å². The largest absolute Gasteiger partial charge is 0.395 e. The first kappa shape index (κ1) is 23.4. The van der Waals surface area contributed by atoms with E-state index in [1.807, 2.05) is 18.2 Å². The van der Waals surface area contributed by atoms with Crippen molar-refractivity contribution >= 4 is 50.0 Å². The number of β-amino-alcohol motifs (C(OH)–C–C–N with tert-alkyl or cyclic N) is 1. The second-order valence-corrected chi connectivity index (χ2v) is 9.56. The molecule has 0 unspecified atom stereocenters. The van der Waals surface area contributed by atoms with Gasteiger partial charge in [-0.25, -0.2) is 0 Å². The van der Waals surface area contributed by atoms with Crippen molar-refractivity contribution in [2.75, 3.05) is 52.4 Å². The number of carbonyl (C=O) groups excluding carboxylic acids is 2. The average Bonchev–Trinajstić information content (AvgIpc) is 3.07. The zero-order valence-electron chi connectivity index (χ0n) is 17.9. The summed E-state index contributed by atoms with van der Waals surface area (Å²) >= 11 is 9.87. The first-order valence-electron chi connectivity index (χ1n) is 11.0. The van der Waals surface area contributed by atoms with Crippen LogP contribution >= 0.6 is 27.5 Å². The van der Waals surface area contributed by atoms with Crippen molar-refractivity contribution in [3.05, 3.63) is 45.2 Å². The van der Waals surface area contributed by atoms with Gasteiger partial charge >= 0.3 is 0 Å². The number of piperazine rings is 1. The smallest absolute Gasteiger partial charge is 0.168 e. The molecular formula is C23H28BrClN4O3. The quantitative estimate of drug-likeness (QED) is 0.294. The van der Waals surface area contributed by atoms with Crippen LogP contribution in [0.2, 0.25) is 5.02 Å². The number of aliphatic hydroxyl groups is 1. The van der Waals surface area contributed by atoms with Gasteiger partial charge in [0, 0.05) is 75.8 Å². The lowest BCUT2D eigenvalue weighted by Crippen LogP contribution is -2.48. The van der Waals surface area contributed by atoms with Crippen molar-refractivity contribution < 1.29 is 14.7 Å². The molecule has 0 amide bonds. The van der Waals surface area contributed by atoms with Crippen LogP contribution < -0.4 is 5.32 Å². The van der Waals surface area contributed by atoms with Gasteiger partial charge in [-0.15, -0.1) is 0 Å². The van der Waals surface area contributed by atoms with E-state index in [2.05, 4.69) is 36.0 Å². The Hall–Kier alpha value is -1.71. The highest BCUT2D eigenvalue weighted by molar-refractivity contribution is 9.10. The molecule has 0 atom stereocenters. The summed E-state index contributed by atoms with van der Waals surface area (Å²) in [5.74, 6) is -0.426. The van der Waals surface area contributed by atoms with Gasteiger partial charge in [0.05, 0.1) is 17.2 Å². The van der Waals surface area contributed by atoms with Crippen molar-refractivity contribution in [2.24, 2.45) is 0 Å². The third-order valence-electron chi connectivity index (χ3n) is 6.36. The molecule has 4 rings (SSSR count). The van der Waals surface area contributed by atoms with Crippen LogP contribution in [-0.2, 0) is 9.59 Å². The van der Waals surface area contributed by atoms with Crippen LogP contribution in [-0.4, -0.2) is 83.9 Å². The molecule has 1 aromatic carbocycles. The normalized spacial score (nSPS) is 20.8. The van der Waals surface area contributed by atoms with Crippen molar-refractivity contribution in [1.29, 1.82) is 0 Å². The summed E-state index contributed by atoms with van der Waals surface area (Å²) in [6.45, 7) is 6.28. The van der Waals surface area contributed by atoms with E-state index >= 15 is 0 Å². The standard InChI is InChI=1S/C23H28BrClN4O3/c24-23-22(25)21-16(2-1-3-18(21)27-23)15-12-19(31)17(20(32)13-15)14-26-4-5-28-6-8-29(9-7-28)10-11-30/h1-3,14-15,26-27,30H,4-13H2. The van der Waals surface area contributed by atoms with Crippen LogP contribution in [0.5, 0.6) is 0 Å². The van der Waals surface area contributed by atoms with Gasteiger partial charge in [-0.2, -0.15) is 0 Å². The predicted molar refractivity (Wildman–Crippen MR) is 129 cm³/mol. The maximum Gasteiger partial charge on any atom is 0.168 e. The number of Topliss-reactive ketones (excluding diaryl/α,β-unsaturated/α-hetero) is 2. The number of H-pyrrole nitrogens is 1. The fourth-order valence-electron chi connectivity index (χ4n) is 4.59. The monoisotopic (exact) mass is 522 g/mol. The summed E-state index contributed by atoms with van der Waals surface area (Å²) in [4.78, 5) is 33.4. The number of halogens is 2. The summed E-state index contributed by atoms with van der Waals surface area (Å²) in [5.41, 5.74) is 2.09. The molecular weight excluding hydrogens is 496 g/mol. The lowest BCUT2D eigenvalue weighted by Gasteiger charge is -2.34. The van der Waals surface area contributed by atoms with E-state index in [0.29, 0.717) is 29.0 Å². The fraction of sp³-hybridized carbons (Fsp3) is 0.478. The molecule has 32 heavy (non-hydrogen) atoms. The Morgan fingerprint density at radius 2 is 1.78 bits per heavy atom. The van der Waals surface area contributed by atoms with Crippen LogP contribution in [0.1, 0.15) is 24.3 Å². The van der Waals surface area contributed by atoms with Gasteiger partial charge in [-0.05, 0) is 33.5 Å². The minimum Gasteiger partial charge on any atom is -0.395 e. The minimum absolute atomic E-state index is 0.126. The summed E-state index contributed by atoms with van der Waals surface area (Å²) < 4.78 is 0.703. The zero-order chi connectivity index (χ0) is 22.7. The molecule has 0 radical (unpaired) electrons. The molecule has 1 aliphatic heterocycles. The Bertz CT molecular complexity index is 1010. The molecule has 172 valence electrons. The Kier molecular flexibility index (Phi) is 7.68. The maximum atomic E-state index is 12.8. The number of aliphatic hydroxyl groups excluding tert-OH is 1. The highest BCUT2D eigenvalue weighted by Gasteiger charge is 2.32. The fourth-order valence-corrected chi connectivity index (χ4v) is 5.26. The third-order valence-corrected chi connectivity index (χ3v) is 7.56. The number of nitrogens with zero attached hydrogens (tertiary/aromatic N) is 2. The number of carbonyl (C=O) groups is 2. The highest BCUT2D eigenvalue weighted by Crippen LogP contribution is 2.40. The number of hydrogen-bond acceptors (Lipinski definition) is 6. The number of aromatic amines is 1. The lowest BCUT2D eigenvalue weighted by atomic mass is 9.79. The van der Waals surface area contributed by atoms with Crippen molar-refractivity contribution in [3.63, 3.8) is 0 Å². The Balaban J connectivity index is 1.33. The second kappa shape index (κ2) is 10.5. The summed E-state index contributed by atoms with van der Waals surface area (Å²) in [7, 11) is 0. The first-order valence-corrected chi connectivity index (χ1v) is 12.2. The van der Waals surface area contributed by atoms with Crippen LogP contribution in [0.15, 0.2) is 34.6 Å². The first-order chi connectivity index (χ1) is 15.5. The molecule has 0 spiro atoms. The van der Waals surface area contributed by atoms with Crippen molar-refractivity contribution in [1.82, 2.24) is 20.1 Å². The number of rotatable bonds is 7. The number of benzene rings is 1. The number of aromatic nitrogens is 1. The average molecular weight is 524 g/mol. The van der Waals surface area contributed by atoms with E-state index in [-0.39, 0.29) is 29.7 Å². The van der Waals surface area contributed by atoms with E-state index < -0.39 is 0 Å². The number of fused-ring (bicyclic) bond motifs is 1. The third kappa shape index (κ3) is 5.10. The van der Waals surface area contributed by atoms with Gasteiger partial charge in [0.25, 0.3) is 0 Å². The summed E-state index contributed by atoms with van der Waals surface area (Å²) in [6, 6.07) is 5.80. The molecule has 2 aliphatic rings. The topological polar surface area (TPSA) is 88.7 Å². The zero-order valence-corrected chi connectivity index (χ0v) is 20.2. The maximum absolute atomic E-state index is 12.8. The van der Waals surface area contributed by atoms with Gasteiger partial charge in [-0.1, -0.05) is 23.7 Å². The van der Waals surface area contributed by atoms with Crippen LogP contribution in [0.3, 0.4) is 0 Å². The Morgan fingerprint density at radius 3 is 2.44 bits per heavy atom. The number of allylic oxidation sites excluding steroid dienone is 1. The molecule has 2 heterocycles. The number of hydrogen-bond donors (Lipinski definition) is 3. The van der Waals surface area contributed by atoms with Crippen molar-refractivity contribution in [3.8, 4) is 0 Å². The molecule has 1 saturated carbocycles. The lowest BCUT2D eigenvalue weighted by molar-refractivity contribution is -0.124. The van der Waals surface area contributed by atoms with E-state index in [1.165, 1.54) is 0 Å². The minimum atomic E-state index is -0.175. The summed E-state index contributed by atoms with van der Waals surface area (Å²) in [5, 5.41) is 13.6. The predicted octanol–water partition coefficient (Wildman–Crippen LogP) is 2.68. The highest BCUT2D eigenvalue weighted by atomic mass is 79.9. The molecule has 2 fully saturated rings. The van der Waals surface area contributed by atoms with E-state index in [4.69, 9.17) is 16.7 Å². The molecule has 1 saturated heterocycles. The van der Waals surface area contributed by atoms with Gasteiger partial charge in [0.2, 0.25) is 0 Å². The van der Waals surface area contributed by atoms with E-state index in [0.717, 1.165) is 55.7 Å². The number of ketones is 2. The molecule has 3 N–H and O–H groups in total. The molecule has 9 heteroatoms. The van der Waals surface area contributed by atoms with Gasteiger partial charge in [0.1, 0.15) is 4.60 Å². The van der Waals surface area contributed by atoms with E-state index in [1.54, 1.807) is 6.20 Å². The second-order valence-electron chi connectivity index (χ2n) is 8.39. The van der Waals surface area contributed by atoms with Crippen molar-refractivity contribution in [2.45, 2.75) is 18.8 Å². The SMILES string of the molecule is O=C1CC(c2cccc3[nH]c(Br)c(Cl)c23)CC(=O)C1=CNCCN1CCN(CCO)CC1. The number of nitrogens with one attached hydrogen (secondary N) is 2. The van der Waals surface area contributed by atoms with Crippen LogP contribution in [0.25, 0.3) is 10.9 Å². The molecule has 1 aromatic heterocycles. The molecule has 0 bridgehead atoms. The van der Waals surface area contributed by atoms with Gasteiger partial charge in [0.15, 0.2) is 11.6 Å². The summed E-state index contributed by atoms with van der Waals surface area (Å²) in [6.07, 6.45) is 2.19. The molecule has 2 aromatic rings.